The van der Waals surface area contributed by atoms with Crippen molar-refractivity contribution in [2.24, 2.45) is 0 Å². The molecule has 0 aliphatic carbocycles. The summed E-state index contributed by atoms with van der Waals surface area (Å²) in [5, 5.41) is 12.9. The highest BCUT2D eigenvalue weighted by Gasteiger charge is 2.19. The number of nitriles is 1. The quantitative estimate of drug-likeness (QED) is 0.358. The van der Waals surface area contributed by atoms with Crippen molar-refractivity contribution in [3.8, 4) is 23.1 Å². The summed E-state index contributed by atoms with van der Waals surface area (Å²) in [5.41, 5.74) is 1.91. The lowest BCUT2D eigenvalue weighted by molar-refractivity contribution is -0.116. The molecule has 6 nitrogen and oxygen atoms in total. The number of thiazole rings is 1. The monoisotopic (exact) mass is 517 g/mol. The molecule has 5 aromatic rings. The Morgan fingerprint density at radius 1 is 0.947 bits per heavy atom. The first-order chi connectivity index (χ1) is 18.5. The van der Waals surface area contributed by atoms with Gasteiger partial charge in [-0.25, -0.2) is 0 Å². The van der Waals surface area contributed by atoms with Gasteiger partial charge in [0, 0.05) is 11.6 Å². The predicted molar refractivity (Wildman–Crippen MR) is 149 cm³/mol. The summed E-state index contributed by atoms with van der Waals surface area (Å²) in [6.07, 6.45) is 1.64. The highest BCUT2D eigenvalue weighted by Crippen LogP contribution is 2.22. The van der Waals surface area contributed by atoms with E-state index in [9.17, 15) is 14.9 Å². The molecule has 1 amide bonds. The van der Waals surface area contributed by atoms with Gasteiger partial charge >= 0.3 is 0 Å². The van der Waals surface area contributed by atoms with Crippen LogP contribution in [0, 0.1) is 11.3 Å². The van der Waals surface area contributed by atoms with E-state index in [0.717, 1.165) is 22.5 Å². The van der Waals surface area contributed by atoms with Gasteiger partial charge in [0.1, 0.15) is 22.3 Å². The summed E-state index contributed by atoms with van der Waals surface area (Å²) >= 11 is 1.08. The Balaban J connectivity index is 1.63. The average Bonchev–Trinajstić information content (AvgIpc) is 3.55. The molecule has 3 aromatic carbocycles. The molecule has 2 aromatic heterocycles. The van der Waals surface area contributed by atoms with E-state index in [1.165, 1.54) is 4.57 Å². The van der Waals surface area contributed by atoms with Crippen molar-refractivity contribution in [1.82, 2.24) is 9.88 Å². The topological polar surface area (TPSA) is 88.0 Å². The zero-order valence-corrected chi connectivity index (χ0v) is 21.3. The fraction of sp³-hybridized carbons (Fsp3) is 0.0645. The van der Waals surface area contributed by atoms with E-state index in [-0.39, 0.29) is 21.8 Å². The lowest BCUT2D eigenvalue weighted by atomic mass is 10.1. The number of nitrogens with one attached hydrogen (secondary N) is 1. The molecule has 5 rings (SSSR count). The number of rotatable bonds is 6. The first-order valence-electron chi connectivity index (χ1n) is 12.0. The summed E-state index contributed by atoms with van der Waals surface area (Å²) in [6, 6.07) is 33.5. The van der Waals surface area contributed by atoms with Crippen LogP contribution in [0.2, 0.25) is 0 Å². The van der Waals surface area contributed by atoms with Crippen LogP contribution in [0.1, 0.15) is 24.3 Å². The van der Waals surface area contributed by atoms with Crippen molar-refractivity contribution in [2.75, 3.05) is 0 Å². The van der Waals surface area contributed by atoms with E-state index in [1.807, 2.05) is 85.8 Å². The second-order valence-corrected chi connectivity index (χ2v) is 9.58. The third-order valence-electron chi connectivity index (χ3n) is 6.00. The van der Waals surface area contributed by atoms with E-state index >= 15 is 0 Å². The molecule has 0 fully saturated rings. The smallest absolute Gasteiger partial charge is 0.273 e. The minimum atomic E-state index is -0.550. The van der Waals surface area contributed by atoms with E-state index in [2.05, 4.69) is 5.32 Å². The standard InChI is InChI=1S/C31H23N3O3S/c1-21(22-11-5-2-6-12-22)33-29(35)26(20-32)31-34(24-15-9-4-10-16-24)30(36)28(38-31)19-25-17-18-27(37-25)23-13-7-3-8-14-23/h2-19,21H,1H3,(H,33,35)/b28-19+,31-26-. The molecule has 0 saturated heterocycles. The van der Waals surface area contributed by atoms with E-state index in [0.29, 0.717) is 21.7 Å². The zero-order chi connectivity index (χ0) is 26.5. The van der Waals surface area contributed by atoms with Gasteiger partial charge in [-0.1, -0.05) is 78.9 Å². The number of hydrogen-bond acceptors (Lipinski definition) is 5. The van der Waals surface area contributed by atoms with Gasteiger partial charge in [-0.15, -0.1) is 11.3 Å². The summed E-state index contributed by atoms with van der Waals surface area (Å²) in [7, 11) is 0. The van der Waals surface area contributed by atoms with Crippen LogP contribution >= 0.6 is 11.3 Å². The molecule has 0 aliphatic heterocycles. The van der Waals surface area contributed by atoms with Crippen LogP contribution in [-0.4, -0.2) is 10.5 Å². The van der Waals surface area contributed by atoms with Crippen LogP contribution < -0.4 is 20.1 Å². The maximum atomic E-state index is 13.6. The average molecular weight is 518 g/mol. The molecular weight excluding hydrogens is 494 g/mol. The second kappa shape index (κ2) is 11.0. The van der Waals surface area contributed by atoms with Gasteiger partial charge in [0.25, 0.3) is 11.5 Å². The van der Waals surface area contributed by atoms with Crippen LogP contribution in [0.4, 0.5) is 0 Å². The number of furan rings is 1. The van der Waals surface area contributed by atoms with Gasteiger partial charge in [-0.05, 0) is 36.8 Å². The fourth-order valence-corrected chi connectivity index (χ4v) is 5.15. The van der Waals surface area contributed by atoms with E-state index in [4.69, 9.17) is 4.42 Å². The molecule has 0 radical (unpaired) electrons. The van der Waals surface area contributed by atoms with Crippen molar-refractivity contribution in [1.29, 1.82) is 5.26 Å². The molecule has 2 heterocycles. The Hall–Kier alpha value is -4.93. The minimum absolute atomic E-state index is 0.136. The van der Waals surface area contributed by atoms with E-state index in [1.54, 1.807) is 36.4 Å². The van der Waals surface area contributed by atoms with Crippen LogP contribution in [0.3, 0.4) is 0 Å². The van der Waals surface area contributed by atoms with Gasteiger partial charge in [0.05, 0.1) is 16.3 Å². The molecule has 1 unspecified atom stereocenters. The number of aromatic nitrogens is 1. The van der Waals surface area contributed by atoms with Crippen LogP contribution in [0.5, 0.6) is 0 Å². The van der Waals surface area contributed by atoms with Crippen molar-refractivity contribution in [3.05, 3.63) is 134 Å². The number of benzene rings is 3. The Morgan fingerprint density at radius 3 is 2.24 bits per heavy atom. The maximum Gasteiger partial charge on any atom is 0.273 e. The second-order valence-electron chi connectivity index (χ2n) is 8.55. The van der Waals surface area contributed by atoms with Gasteiger partial charge in [0.2, 0.25) is 0 Å². The molecule has 1 atom stereocenters. The van der Waals surface area contributed by atoms with Gasteiger partial charge in [-0.3, -0.25) is 14.2 Å². The van der Waals surface area contributed by atoms with Crippen LogP contribution in [-0.2, 0) is 4.79 Å². The molecule has 0 bridgehead atoms. The molecule has 0 spiro atoms. The van der Waals surface area contributed by atoms with Crippen LogP contribution in [0.25, 0.3) is 28.7 Å². The molecular formula is C31H23N3O3S. The molecule has 186 valence electrons. The third-order valence-corrected chi connectivity index (χ3v) is 7.09. The van der Waals surface area contributed by atoms with Gasteiger partial charge in [-0.2, -0.15) is 5.26 Å². The molecule has 1 N–H and O–H groups in total. The highest BCUT2D eigenvalue weighted by atomic mass is 32.1. The highest BCUT2D eigenvalue weighted by molar-refractivity contribution is 7.07. The molecule has 0 aliphatic rings. The largest absolute Gasteiger partial charge is 0.457 e. The SMILES string of the molecule is CC(NC(=O)/C(C#N)=c1\s/c(=C/c2ccc(-c3ccccc3)o2)c(=O)n1-c1ccccc1)c1ccccc1. The Bertz CT molecular complexity index is 1800. The normalized spacial score (nSPS) is 13.0. The molecule has 0 saturated carbocycles. The van der Waals surface area contributed by atoms with Crippen molar-refractivity contribution in [2.45, 2.75) is 13.0 Å². The van der Waals surface area contributed by atoms with Gasteiger partial charge < -0.3 is 9.73 Å². The number of amides is 1. The summed E-state index contributed by atoms with van der Waals surface area (Å²) in [5.74, 6) is 0.621. The lowest BCUT2D eigenvalue weighted by Gasteiger charge is -2.13. The van der Waals surface area contributed by atoms with E-state index < -0.39 is 5.91 Å². The van der Waals surface area contributed by atoms with Gasteiger partial charge in [0.15, 0.2) is 5.57 Å². The van der Waals surface area contributed by atoms with Crippen molar-refractivity contribution in [3.63, 3.8) is 0 Å². The first-order valence-corrected chi connectivity index (χ1v) is 12.8. The third kappa shape index (κ3) is 5.12. The molecule has 7 heteroatoms. The Labute approximate surface area is 223 Å². The van der Waals surface area contributed by atoms with Crippen LogP contribution in [0.15, 0.2) is 112 Å². The number of hydrogen-bond donors (Lipinski definition) is 1. The minimum Gasteiger partial charge on any atom is -0.457 e. The fourth-order valence-electron chi connectivity index (χ4n) is 4.07. The zero-order valence-electron chi connectivity index (χ0n) is 20.5. The number of nitrogens with zero attached hydrogens (tertiary/aromatic N) is 2. The number of carbonyl (C=O) groups is 1. The summed E-state index contributed by atoms with van der Waals surface area (Å²) in [4.78, 5) is 26.9. The summed E-state index contributed by atoms with van der Waals surface area (Å²) < 4.78 is 7.97. The summed E-state index contributed by atoms with van der Waals surface area (Å²) in [6.45, 7) is 1.85. The van der Waals surface area contributed by atoms with Crippen molar-refractivity contribution >= 4 is 28.9 Å². The number of para-hydroxylation sites is 1. The predicted octanol–water partition coefficient (Wildman–Crippen LogP) is 4.54. The lowest BCUT2D eigenvalue weighted by Crippen LogP contribution is -2.34. The first kappa shape index (κ1) is 24.8. The Kier molecular flexibility index (Phi) is 7.16. The van der Waals surface area contributed by atoms with Crippen molar-refractivity contribution < 1.29 is 9.21 Å². The number of carbonyl (C=O) groups excluding carboxylic acids is 1. The maximum absolute atomic E-state index is 13.6. The Morgan fingerprint density at radius 2 is 1.58 bits per heavy atom. The molecule has 38 heavy (non-hydrogen) atoms.